The number of thiophene rings is 1. The van der Waals surface area contributed by atoms with Gasteiger partial charge in [-0.1, -0.05) is 13.8 Å². The van der Waals surface area contributed by atoms with Gasteiger partial charge in [0, 0.05) is 6.04 Å². The molecule has 0 amide bonds. The number of rotatable bonds is 4. The van der Waals surface area contributed by atoms with E-state index in [-0.39, 0.29) is 0 Å². The van der Waals surface area contributed by atoms with E-state index in [1.807, 2.05) is 12.1 Å². The van der Waals surface area contributed by atoms with Crippen molar-refractivity contribution in [1.82, 2.24) is 10.3 Å². The van der Waals surface area contributed by atoms with Crippen LogP contribution in [0.2, 0.25) is 0 Å². The molecule has 5 heteroatoms. The third-order valence-electron chi connectivity index (χ3n) is 2.03. The third kappa shape index (κ3) is 2.93. The van der Waals surface area contributed by atoms with Crippen molar-refractivity contribution in [3.63, 3.8) is 0 Å². The fraction of sp³-hybridized carbons (Fsp3) is 0.364. The van der Waals surface area contributed by atoms with Crippen LogP contribution in [0.5, 0.6) is 0 Å². The Morgan fingerprint density at radius 2 is 2.31 bits per heavy atom. The monoisotopic (exact) mass is 300 g/mol. The van der Waals surface area contributed by atoms with E-state index in [0.717, 1.165) is 20.3 Å². The summed E-state index contributed by atoms with van der Waals surface area (Å²) in [5.74, 6) is 1.56. The number of halogens is 1. The molecule has 0 unspecified atom stereocenters. The molecule has 0 bridgehead atoms. The highest BCUT2D eigenvalue weighted by Gasteiger charge is 2.08. The summed E-state index contributed by atoms with van der Waals surface area (Å²) in [5, 5.41) is 3.27. The Kier molecular flexibility index (Phi) is 3.78. The second-order valence-corrected chi connectivity index (χ2v) is 6.22. The van der Waals surface area contributed by atoms with E-state index in [1.54, 1.807) is 17.5 Å². The van der Waals surface area contributed by atoms with Gasteiger partial charge in [0.25, 0.3) is 0 Å². The summed E-state index contributed by atoms with van der Waals surface area (Å²) in [6.45, 7) is 4.87. The molecule has 0 saturated heterocycles. The molecule has 2 aromatic rings. The lowest BCUT2D eigenvalue weighted by Gasteiger charge is -2.03. The van der Waals surface area contributed by atoms with Gasteiger partial charge in [0.15, 0.2) is 5.76 Å². The van der Waals surface area contributed by atoms with Crippen molar-refractivity contribution in [2.24, 2.45) is 0 Å². The molecule has 2 heterocycles. The van der Waals surface area contributed by atoms with Gasteiger partial charge in [0.05, 0.1) is 21.4 Å². The SMILES string of the molecule is CC(C)NCc1ncc(-c2ccc(Br)s2)o1. The molecule has 0 aromatic carbocycles. The van der Waals surface area contributed by atoms with Crippen molar-refractivity contribution in [2.75, 3.05) is 0 Å². The van der Waals surface area contributed by atoms with Crippen molar-refractivity contribution < 1.29 is 4.42 Å². The van der Waals surface area contributed by atoms with E-state index in [2.05, 4.69) is 40.1 Å². The lowest BCUT2D eigenvalue weighted by molar-refractivity contribution is 0.459. The largest absolute Gasteiger partial charge is 0.438 e. The summed E-state index contributed by atoms with van der Waals surface area (Å²) in [6, 6.07) is 4.47. The summed E-state index contributed by atoms with van der Waals surface area (Å²) in [5.41, 5.74) is 0. The van der Waals surface area contributed by atoms with E-state index in [9.17, 15) is 0 Å². The predicted octanol–water partition coefficient (Wildman–Crippen LogP) is 3.66. The molecule has 0 aliphatic rings. The van der Waals surface area contributed by atoms with E-state index >= 15 is 0 Å². The minimum absolute atomic E-state index is 0.436. The van der Waals surface area contributed by atoms with Crippen molar-refractivity contribution in [2.45, 2.75) is 26.4 Å². The normalized spacial score (nSPS) is 11.2. The molecule has 1 N–H and O–H groups in total. The highest BCUT2D eigenvalue weighted by molar-refractivity contribution is 9.11. The van der Waals surface area contributed by atoms with Gasteiger partial charge in [-0.25, -0.2) is 4.98 Å². The second kappa shape index (κ2) is 5.12. The molecule has 86 valence electrons. The maximum absolute atomic E-state index is 5.65. The number of aromatic nitrogens is 1. The minimum atomic E-state index is 0.436. The number of hydrogen-bond donors (Lipinski definition) is 1. The minimum Gasteiger partial charge on any atom is -0.438 e. The molecule has 3 nitrogen and oxygen atoms in total. The van der Waals surface area contributed by atoms with Gasteiger partial charge >= 0.3 is 0 Å². The second-order valence-electron chi connectivity index (χ2n) is 3.76. The third-order valence-corrected chi connectivity index (χ3v) is 3.67. The summed E-state index contributed by atoms with van der Waals surface area (Å²) >= 11 is 5.07. The predicted molar refractivity (Wildman–Crippen MR) is 69.5 cm³/mol. The molecule has 2 rings (SSSR count). The topological polar surface area (TPSA) is 38.1 Å². The zero-order valence-electron chi connectivity index (χ0n) is 9.16. The Labute approximate surface area is 107 Å². The van der Waals surface area contributed by atoms with Gasteiger partial charge in [0.2, 0.25) is 5.89 Å². The highest BCUT2D eigenvalue weighted by Crippen LogP contribution is 2.31. The van der Waals surface area contributed by atoms with Gasteiger partial charge in [-0.15, -0.1) is 11.3 Å². The Bertz CT molecular complexity index is 464. The quantitative estimate of drug-likeness (QED) is 0.936. The van der Waals surface area contributed by atoms with Crippen LogP contribution >= 0.6 is 27.3 Å². The van der Waals surface area contributed by atoms with Crippen molar-refractivity contribution in [1.29, 1.82) is 0 Å². The molecule has 0 atom stereocenters. The standard InChI is InChI=1S/C11H13BrN2OS/c1-7(2)13-6-11-14-5-8(15-11)9-3-4-10(12)16-9/h3-5,7,13H,6H2,1-2H3. The molecular weight excluding hydrogens is 288 g/mol. The summed E-state index contributed by atoms with van der Waals surface area (Å²) < 4.78 is 6.75. The van der Waals surface area contributed by atoms with E-state index in [1.165, 1.54) is 0 Å². The summed E-state index contributed by atoms with van der Waals surface area (Å²) in [4.78, 5) is 5.33. The number of nitrogens with one attached hydrogen (secondary N) is 1. The fourth-order valence-corrected chi connectivity index (χ4v) is 2.58. The number of oxazole rings is 1. The number of hydrogen-bond acceptors (Lipinski definition) is 4. The van der Waals surface area contributed by atoms with Crippen molar-refractivity contribution >= 4 is 27.3 Å². The van der Waals surface area contributed by atoms with E-state index in [4.69, 9.17) is 4.42 Å². The molecule has 0 radical (unpaired) electrons. The molecule has 0 saturated carbocycles. The first-order valence-electron chi connectivity index (χ1n) is 5.09. The van der Waals surface area contributed by atoms with E-state index in [0.29, 0.717) is 12.6 Å². The van der Waals surface area contributed by atoms with Gasteiger partial charge in [-0.2, -0.15) is 0 Å². The maximum atomic E-state index is 5.65. The van der Waals surface area contributed by atoms with Crippen LogP contribution in [0.3, 0.4) is 0 Å². The van der Waals surface area contributed by atoms with Gasteiger partial charge in [0.1, 0.15) is 0 Å². The van der Waals surface area contributed by atoms with Crippen LogP contribution in [-0.4, -0.2) is 11.0 Å². The van der Waals surface area contributed by atoms with Crippen LogP contribution in [-0.2, 0) is 6.54 Å². The van der Waals surface area contributed by atoms with E-state index < -0.39 is 0 Å². The summed E-state index contributed by atoms with van der Waals surface area (Å²) in [6.07, 6.45) is 1.77. The lowest BCUT2D eigenvalue weighted by Crippen LogP contribution is -2.21. The van der Waals surface area contributed by atoms with Crippen LogP contribution < -0.4 is 5.32 Å². The molecule has 16 heavy (non-hydrogen) atoms. The van der Waals surface area contributed by atoms with Gasteiger partial charge in [-0.3, -0.25) is 0 Å². The molecule has 0 fully saturated rings. The van der Waals surface area contributed by atoms with Crippen LogP contribution in [0.1, 0.15) is 19.7 Å². The molecule has 2 aromatic heterocycles. The van der Waals surface area contributed by atoms with Crippen LogP contribution in [0.4, 0.5) is 0 Å². The van der Waals surface area contributed by atoms with Crippen LogP contribution in [0, 0.1) is 0 Å². The smallest absolute Gasteiger partial charge is 0.208 e. The fourth-order valence-electron chi connectivity index (χ4n) is 1.24. The zero-order valence-corrected chi connectivity index (χ0v) is 11.6. The van der Waals surface area contributed by atoms with Gasteiger partial charge in [-0.05, 0) is 28.1 Å². The maximum Gasteiger partial charge on any atom is 0.208 e. The first kappa shape index (κ1) is 11.8. The average molecular weight is 301 g/mol. The van der Waals surface area contributed by atoms with Crippen LogP contribution in [0.15, 0.2) is 26.5 Å². The Balaban J connectivity index is 2.07. The highest BCUT2D eigenvalue weighted by atomic mass is 79.9. The first-order valence-corrected chi connectivity index (χ1v) is 6.70. The van der Waals surface area contributed by atoms with Gasteiger partial charge < -0.3 is 9.73 Å². The zero-order chi connectivity index (χ0) is 11.5. The number of nitrogens with zero attached hydrogens (tertiary/aromatic N) is 1. The molecular formula is C11H13BrN2OS. The first-order chi connectivity index (χ1) is 7.65. The van der Waals surface area contributed by atoms with Crippen molar-refractivity contribution in [3.8, 4) is 10.6 Å². The molecule has 0 aliphatic heterocycles. The molecule has 0 spiro atoms. The van der Waals surface area contributed by atoms with Crippen LogP contribution in [0.25, 0.3) is 10.6 Å². The Morgan fingerprint density at radius 3 is 2.94 bits per heavy atom. The Hall–Kier alpha value is -0.650. The summed E-state index contributed by atoms with van der Waals surface area (Å²) in [7, 11) is 0. The molecule has 0 aliphatic carbocycles. The van der Waals surface area contributed by atoms with Crippen molar-refractivity contribution in [3.05, 3.63) is 28.0 Å². The average Bonchev–Trinajstić information content (AvgIpc) is 2.83. The lowest BCUT2D eigenvalue weighted by atomic mass is 10.4. The Morgan fingerprint density at radius 1 is 1.50 bits per heavy atom.